The number of hydrogen-bond donors (Lipinski definition) is 0. The monoisotopic (exact) mass is 507 g/mol. The van der Waals surface area contributed by atoms with Crippen LogP contribution in [0.5, 0.6) is 0 Å². The molecule has 0 unspecified atom stereocenters. The molecule has 0 aliphatic rings. The van der Waals surface area contributed by atoms with E-state index < -0.39 is 0 Å². The molecule has 0 amide bonds. The minimum Gasteiger partial charge on any atom is -0.0628 e. The van der Waals surface area contributed by atoms with Gasteiger partial charge in [-0.2, -0.15) is 0 Å². The lowest BCUT2D eigenvalue weighted by atomic mass is 10.0. The minimum absolute atomic E-state index is 0.897. The molecular weight excluding hydrogens is 432 g/mol. The molecule has 0 aliphatic carbocycles. The number of unbranched alkanes of at least 4 members (excludes halogenated alkanes) is 27. The summed E-state index contributed by atoms with van der Waals surface area (Å²) in [6.45, 7) is 9.40. The van der Waals surface area contributed by atoms with Crippen LogP contribution in [0.3, 0.4) is 0 Å². The van der Waals surface area contributed by atoms with Crippen molar-refractivity contribution in [2.24, 2.45) is 11.8 Å². The predicted octanol–water partition coefficient (Wildman–Crippen LogP) is 14.0. The molecule has 0 saturated heterocycles. The van der Waals surface area contributed by atoms with E-state index in [0.29, 0.717) is 0 Å². The SMILES string of the molecule is CC(C)CCCCCCCCCCCCCCCCCCCCCCCCCCCCCCC(C)C. The van der Waals surface area contributed by atoms with Crippen LogP contribution in [0.15, 0.2) is 0 Å². The van der Waals surface area contributed by atoms with Gasteiger partial charge in [0.15, 0.2) is 0 Å². The quantitative estimate of drug-likeness (QED) is 0.0820. The summed E-state index contributed by atoms with van der Waals surface area (Å²) in [5.74, 6) is 1.79. The van der Waals surface area contributed by atoms with E-state index in [1.807, 2.05) is 0 Å². The van der Waals surface area contributed by atoms with Gasteiger partial charge in [-0.1, -0.05) is 220 Å². The van der Waals surface area contributed by atoms with Crippen molar-refractivity contribution in [1.29, 1.82) is 0 Å². The Bertz CT molecular complexity index is 332. The molecule has 0 radical (unpaired) electrons. The van der Waals surface area contributed by atoms with Crippen LogP contribution in [0, 0.1) is 11.8 Å². The first-order valence-corrected chi connectivity index (χ1v) is 17.6. The fraction of sp³-hybridized carbons (Fsp3) is 1.00. The van der Waals surface area contributed by atoms with Gasteiger partial charge in [0, 0.05) is 0 Å². The fourth-order valence-electron chi connectivity index (χ4n) is 5.70. The fourth-order valence-corrected chi connectivity index (χ4v) is 5.70. The van der Waals surface area contributed by atoms with Gasteiger partial charge in [0.2, 0.25) is 0 Å². The van der Waals surface area contributed by atoms with Crippen molar-refractivity contribution in [2.75, 3.05) is 0 Å². The van der Waals surface area contributed by atoms with Gasteiger partial charge in [-0.15, -0.1) is 0 Å². The van der Waals surface area contributed by atoms with Crippen LogP contribution in [0.2, 0.25) is 0 Å². The molecule has 0 aromatic heterocycles. The van der Waals surface area contributed by atoms with E-state index in [0.717, 1.165) is 11.8 Å². The maximum atomic E-state index is 2.35. The molecule has 0 aliphatic heterocycles. The van der Waals surface area contributed by atoms with Crippen molar-refractivity contribution < 1.29 is 0 Å². The van der Waals surface area contributed by atoms with Gasteiger partial charge < -0.3 is 0 Å². The van der Waals surface area contributed by atoms with Crippen LogP contribution in [0.1, 0.15) is 220 Å². The Kier molecular flexibility index (Phi) is 31.2. The average molecular weight is 507 g/mol. The zero-order valence-electron chi connectivity index (χ0n) is 26.4. The second kappa shape index (κ2) is 31.2. The van der Waals surface area contributed by atoms with Crippen LogP contribution in [-0.2, 0) is 0 Å². The third-order valence-electron chi connectivity index (χ3n) is 8.31. The topological polar surface area (TPSA) is 0 Å². The predicted molar refractivity (Wildman–Crippen MR) is 168 cm³/mol. The molecule has 0 heteroatoms. The lowest BCUT2D eigenvalue weighted by molar-refractivity contribution is 0.498. The Morgan fingerprint density at radius 1 is 0.194 bits per heavy atom. The van der Waals surface area contributed by atoms with Gasteiger partial charge in [-0.3, -0.25) is 0 Å². The summed E-state index contributed by atoms with van der Waals surface area (Å²) >= 11 is 0. The molecule has 0 nitrogen and oxygen atoms in total. The highest BCUT2D eigenvalue weighted by atomic mass is 14.0. The molecule has 218 valence electrons. The van der Waals surface area contributed by atoms with E-state index in [1.54, 1.807) is 0 Å². The van der Waals surface area contributed by atoms with Crippen molar-refractivity contribution in [3.63, 3.8) is 0 Å². The Hall–Kier alpha value is 0. The molecule has 36 heavy (non-hydrogen) atoms. The van der Waals surface area contributed by atoms with E-state index in [4.69, 9.17) is 0 Å². The highest BCUT2D eigenvalue weighted by molar-refractivity contribution is 4.53. The van der Waals surface area contributed by atoms with Crippen molar-refractivity contribution in [3.05, 3.63) is 0 Å². The van der Waals surface area contributed by atoms with Crippen molar-refractivity contribution in [3.8, 4) is 0 Å². The zero-order chi connectivity index (χ0) is 26.4. The van der Waals surface area contributed by atoms with Gasteiger partial charge in [0.25, 0.3) is 0 Å². The zero-order valence-corrected chi connectivity index (χ0v) is 26.4. The van der Waals surface area contributed by atoms with Crippen molar-refractivity contribution >= 4 is 0 Å². The molecular formula is C36H74. The number of hydrogen-bond acceptors (Lipinski definition) is 0. The van der Waals surface area contributed by atoms with Crippen LogP contribution in [0.4, 0.5) is 0 Å². The van der Waals surface area contributed by atoms with E-state index in [2.05, 4.69) is 27.7 Å². The van der Waals surface area contributed by atoms with Crippen LogP contribution in [0.25, 0.3) is 0 Å². The summed E-state index contributed by atoms with van der Waals surface area (Å²) in [4.78, 5) is 0. The molecule has 0 bridgehead atoms. The molecule has 0 aromatic rings. The van der Waals surface area contributed by atoms with Gasteiger partial charge in [-0.05, 0) is 11.8 Å². The lowest BCUT2D eigenvalue weighted by Gasteiger charge is -2.05. The Labute approximate surface area is 232 Å². The Balaban J connectivity index is 3.02. The first-order chi connectivity index (χ1) is 17.6. The minimum atomic E-state index is 0.897. The summed E-state index contributed by atoms with van der Waals surface area (Å²) in [5.41, 5.74) is 0. The molecule has 0 atom stereocenters. The molecule has 0 spiro atoms. The summed E-state index contributed by atoms with van der Waals surface area (Å²) in [6.07, 6.45) is 44.5. The Morgan fingerprint density at radius 2 is 0.306 bits per heavy atom. The van der Waals surface area contributed by atoms with Gasteiger partial charge in [-0.25, -0.2) is 0 Å². The molecule has 0 N–H and O–H groups in total. The standard InChI is InChI=1S/C36H74/c1-35(2)33-31-29-27-25-23-21-19-17-15-13-11-9-7-5-6-8-10-12-14-16-18-20-22-24-26-28-30-32-34-36(3)4/h35-36H,5-34H2,1-4H3. The molecule has 0 fully saturated rings. The largest absolute Gasteiger partial charge is 0.0628 e. The second-order valence-electron chi connectivity index (χ2n) is 13.3. The third kappa shape index (κ3) is 34.0. The van der Waals surface area contributed by atoms with E-state index in [9.17, 15) is 0 Å². The van der Waals surface area contributed by atoms with Crippen molar-refractivity contribution in [2.45, 2.75) is 220 Å². The maximum Gasteiger partial charge on any atom is -0.0471 e. The molecule has 0 rings (SSSR count). The summed E-state index contributed by atoms with van der Waals surface area (Å²) in [7, 11) is 0. The normalized spacial score (nSPS) is 11.8. The summed E-state index contributed by atoms with van der Waals surface area (Å²) in [5, 5.41) is 0. The van der Waals surface area contributed by atoms with E-state index in [-0.39, 0.29) is 0 Å². The maximum absolute atomic E-state index is 2.35. The summed E-state index contributed by atoms with van der Waals surface area (Å²) in [6, 6.07) is 0. The first kappa shape index (κ1) is 36.0. The smallest absolute Gasteiger partial charge is 0.0471 e. The lowest BCUT2D eigenvalue weighted by Crippen LogP contribution is -1.87. The average Bonchev–Trinajstić information content (AvgIpc) is 2.85. The summed E-state index contributed by atoms with van der Waals surface area (Å²) < 4.78 is 0. The van der Waals surface area contributed by atoms with Crippen LogP contribution >= 0.6 is 0 Å². The highest BCUT2D eigenvalue weighted by Crippen LogP contribution is 2.17. The van der Waals surface area contributed by atoms with Gasteiger partial charge in [0.05, 0.1) is 0 Å². The molecule has 0 aromatic carbocycles. The second-order valence-corrected chi connectivity index (χ2v) is 13.3. The highest BCUT2D eigenvalue weighted by Gasteiger charge is 1.98. The van der Waals surface area contributed by atoms with Crippen LogP contribution < -0.4 is 0 Å². The number of rotatable bonds is 31. The Morgan fingerprint density at radius 3 is 0.417 bits per heavy atom. The first-order valence-electron chi connectivity index (χ1n) is 17.6. The van der Waals surface area contributed by atoms with Gasteiger partial charge >= 0.3 is 0 Å². The molecule has 0 saturated carbocycles. The van der Waals surface area contributed by atoms with Gasteiger partial charge in [0.1, 0.15) is 0 Å². The van der Waals surface area contributed by atoms with Crippen molar-refractivity contribution in [1.82, 2.24) is 0 Å². The molecule has 0 heterocycles. The van der Waals surface area contributed by atoms with E-state index >= 15 is 0 Å². The van der Waals surface area contributed by atoms with Crippen LogP contribution in [-0.4, -0.2) is 0 Å². The van der Waals surface area contributed by atoms with E-state index in [1.165, 1.54) is 193 Å². The third-order valence-corrected chi connectivity index (χ3v) is 8.31.